The molecule has 0 spiro atoms. The lowest BCUT2D eigenvalue weighted by atomic mass is 10.3. The first kappa shape index (κ1) is 13.8. The van der Waals surface area contributed by atoms with Crippen LogP contribution in [0.25, 0.3) is 0 Å². The first-order valence-electron chi connectivity index (χ1n) is 5.59. The number of hydrogen-bond acceptors (Lipinski definition) is 3. The molecule has 0 aliphatic rings. The van der Waals surface area contributed by atoms with Crippen LogP contribution in [0, 0.1) is 0 Å². The van der Waals surface area contributed by atoms with Crippen LogP contribution in [0.4, 0.5) is 0 Å². The molecule has 0 saturated carbocycles. The zero-order valence-electron chi connectivity index (χ0n) is 10.5. The minimum absolute atomic E-state index is 0.101. The van der Waals surface area contributed by atoms with Gasteiger partial charge in [-0.2, -0.15) is 0 Å². The molecule has 1 aromatic carbocycles. The average molecular weight is 250 g/mol. The molecule has 3 heteroatoms. The molecule has 92 valence electrons. The number of ketones is 1. The fourth-order valence-electron chi connectivity index (χ4n) is 1.38. The highest BCUT2D eigenvalue weighted by atomic mass is 32.2. The van der Waals surface area contributed by atoms with E-state index in [0.29, 0.717) is 5.25 Å². The van der Waals surface area contributed by atoms with Gasteiger partial charge < -0.3 is 4.74 Å². The maximum Gasteiger partial charge on any atom is 0.152 e. The SMILES string of the molecule is COc1cccc(SC(C)C/C=C/C(C)=O)c1. The maximum absolute atomic E-state index is 10.8. The Bertz CT molecular complexity index is 399. The van der Waals surface area contributed by atoms with Gasteiger partial charge in [-0.05, 0) is 37.6 Å². The van der Waals surface area contributed by atoms with Gasteiger partial charge >= 0.3 is 0 Å². The van der Waals surface area contributed by atoms with Gasteiger partial charge in [0.1, 0.15) is 5.75 Å². The second-order valence-electron chi connectivity index (χ2n) is 3.86. The maximum atomic E-state index is 10.8. The molecule has 1 aromatic rings. The summed E-state index contributed by atoms with van der Waals surface area (Å²) >= 11 is 1.78. The number of methoxy groups -OCH3 is 1. The number of hydrogen-bond donors (Lipinski definition) is 0. The highest BCUT2D eigenvalue weighted by Gasteiger charge is 2.03. The van der Waals surface area contributed by atoms with Gasteiger partial charge in [-0.15, -0.1) is 11.8 Å². The molecule has 0 saturated heterocycles. The zero-order chi connectivity index (χ0) is 12.7. The van der Waals surface area contributed by atoms with Gasteiger partial charge in [-0.25, -0.2) is 0 Å². The predicted molar refractivity (Wildman–Crippen MR) is 72.8 cm³/mol. The van der Waals surface area contributed by atoms with E-state index in [9.17, 15) is 4.79 Å². The third kappa shape index (κ3) is 5.59. The molecule has 0 aliphatic heterocycles. The van der Waals surface area contributed by atoms with Crippen molar-refractivity contribution in [2.24, 2.45) is 0 Å². The fraction of sp³-hybridized carbons (Fsp3) is 0.357. The third-order valence-electron chi connectivity index (χ3n) is 2.20. The predicted octanol–water partition coefficient (Wildman–Crippen LogP) is 3.71. The molecule has 1 atom stereocenters. The summed E-state index contributed by atoms with van der Waals surface area (Å²) in [6.45, 7) is 3.71. The molecule has 1 unspecified atom stereocenters. The van der Waals surface area contributed by atoms with Crippen LogP contribution >= 0.6 is 11.8 Å². The van der Waals surface area contributed by atoms with Crippen molar-refractivity contribution in [1.29, 1.82) is 0 Å². The lowest BCUT2D eigenvalue weighted by molar-refractivity contribution is -0.112. The summed E-state index contributed by atoms with van der Waals surface area (Å²) < 4.78 is 5.18. The molecule has 1 rings (SSSR count). The van der Waals surface area contributed by atoms with Crippen molar-refractivity contribution in [3.63, 3.8) is 0 Å². The van der Waals surface area contributed by atoms with E-state index >= 15 is 0 Å². The Balaban J connectivity index is 2.49. The minimum atomic E-state index is 0.101. The molecule has 0 heterocycles. The number of benzene rings is 1. The van der Waals surface area contributed by atoms with Gasteiger partial charge in [0.25, 0.3) is 0 Å². The van der Waals surface area contributed by atoms with Gasteiger partial charge in [0, 0.05) is 10.1 Å². The molecule has 0 aliphatic carbocycles. The largest absolute Gasteiger partial charge is 0.497 e. The van der Waals surface area contributed by atoms with Crippen LogP contribution in [-0.4, -0.2) is 18.1 Å². The minimum Gasteiger partial charge on any atom is -0.497 e. The van der Waals surface area contributed by atoms with E-state index in [1.807, 2.05) is 24.3 Å². The summed E-state index contributed by atoms with van der Waals surface area (Å²) in [6, 6.07) is 8.01. The van der Waals surface area contributed by atoms with Crippen LogP contribution in [0.5, 0.6) is 5.75 Å². The number of carbonyl (C=O) groups excluding carboxylic acids is 1. The molecule has 0 aromatic heterocycles. The fourth-order valence-corrected chi connectivity index (χ4v) is 2.39. The zero-order valence-corrected chi connectivity index (χ0v) is 11.3. The van der Waals surface area contributed by atoms with Crippen LogP contribution < -0.4 is 4.74 Å². The Hall–Kier alpha value is -1.22. The lowest BCUT2D eigenvalue weighted by Gasteiger charge is -2.09. The van der Waals surface area contributed by atoms with Crippen LogP contribution in [-0.2, 0) is 4.79 Å². The Morgan fingerprint density at radius 3 is 2.94 bits per heavy atom. The third-order valence-corrected chi connectivity index (χ3v) is 3.32. The van der Waals surface area contributed by atoms with E-state index in [0.717, 1.165) is 12.2 Å². The topological polar surface area (TPSA) is 26.3 Å². The van der Waals surface area contributed by atoms with E-state index in [1.165, 1.54) is 4.90 Å². The summed E-state index contributed by atoms with van der Waals surface area (Å²) in [5.74, 6) is 0.977. The Labute approximate surface area is 107 Å². The Morgan fingerprint density at radius 2 is 2.29 bits per heavy atom. The lowest BCUT2D eigenvalue weighted by Crippen LogP contribution is -1.94. The van der Waals surface area contributed by atoms with Crippen molar-refractivity contribution in [1.82, 2.24) is 0 Å². The summed E-state index contributed by atoms with van der Waals surface area (Å²) in [6.07, 6.45) is 4.45. The number of allylic oxidation sites excluding steroid dienone is 2. The molecular formula is C14H18O2S. The summed E-state index contributed by atoms with van der Waals surface area (Å²) in [4.78, 5) is 11.9. The number of ether oxygens (including phenoxy) is 1. The highest BCUT2D eigenvalue weighted by molar-refractivity contribution is 8.00. The van der Waals surface area contributed by atoms with E-state index < -0.39 is 0 Å². The van der Waals surface area contributed by atoms with Gasteiger partial charge in [-0.3, -0.25) is 4.79 Å². The van der Waals surface area contributed by atoms with Crippen LogP contribution in [0.2, 0.25) is 0 Å². The summed E-state index contributed by atoms with van der Waals surface area (Å²) in [7, 11) is 1.67. The highest BCUT2D eigenvalue weighted by Crippen LogP contribution is 2.28. The second-order valence-corrected chi connectivity index (χ2v) is 5.37. The van der Waals surface area contributed by atoms with Gasteiger partial charge in [0.15, 0.2) is 5.78 Å². The van der Waals surface area contributed by atoms with Gasteiger partial charge in [0.05, 0.1) is 7.11 Å². The average Bonchev–Trinajstić information content (AvgIpc) is 2.28. The molecule has 0 N–H and O–H groups in total. The van der Waals surface area contributed by atoms with Crippen molar-refractivity contribution < 1.29 is 9.53 Å². The van der Waals surface area contributed by atoms with Crippen molar-refractivity contribution in [3.8, 4) is 5.75 Å². The van der Waals surface area contributed by atoms with Crippen LogP contribution in [0.15, 0.2) is 41.3 Å². The molecule has 0 amide bonds. The number of thioether (sulfide) groups is 1. The number of carbonyl (C=O) groups is 1. The van der Waals surface area contributed by atoms with Crippen molar-refractivity contribution >= 4 is 17.5 Å². The first-order valence-corrected chi connectivity index (χ1v) is 6.47. The Morgan fingerprint density at radius 1 is 1.53 bits per heavy atom. The quantitative estimate of drug-likeness (QED) is 0.568. The molecule has 0 radical (unpaired) electrons. The Kier molecular flexibility index (Phi) is 5.84. The molecule has 0 fully saturated rings. The van der Waals surface area contributed by atoms with E-state index in [1.54, 1.807) is 31.9 Å². The van der Waals surface area contributed by atoms with Crippen LogP contribution in [0.1, 0.15) is 20.3 Å². The summed E-state index contributed by atoms with van der Waals surface area (Å²) in [5.41, 5.74) is 0. The molecule has 17 heavy (non-hydrogen) atoms. The normalized spacial score (nSPS) is 12.6. The second kappa shape index (κ2) is 7.17. The molecule has 0 bridgehead atoms. The van der Waals surface area contributed by atoms with Gasteiger partial charge in [0.2, 0.25) is 0 Å². The molecular weight excluding hydrogens is 232 g/mol. The van der Waals surface area contributed by atoms with E-state index in [-0.39, 0.29) is 5.78 Å². The van der Waals surface area contributed by atoms with E-state index in [4.69, 9.17) is 4.74 Å². The van der Waals surface area contributed by atoms with Crippen molar-refractivity contribution in [3.05, 3.63) is 36.4 Å². The van der Waals surface area contributed by atoms with Crippen LogP contribution in [0.3, 0.4) is 0 Å². The van der Waals surface area contributed by atoms with Crippen molar-refractivity contribution in [2.75, 3.05) is 7.11 Å². The standard InChI is InChI=1S/C14H18O2S/c1-11(15)6-4-7-12(2)17-14-9-5-8-13(10-14)16-3/h4-6,8-10,12H,7H2,1-3H3/b6-4+. The summed E-state index contributed by atoms with van der Waals surface area (Å²) in [5, 5.41) is 0.442. The van der Waals surface area contributed by atoms with E-state index in [2.05, 4.69) is 13.0 Å². The molecule has 2 nitrogen and oxygen atoms in total. The first-order chi connectivity index (χ1) is 8.11. The smallest absolute Gasteiger partial charge is 0.152 e. The number of rotatable bonds is 6. The van der Waals surface area contributed by atoms with Crippen molar-refractivity contribution in [2.45, 2.75) is 30.4 Å². The van der Waals surface area contributed by atoms with Gasteiger partial charge in [-0.1, -0.05) is 19.1 Å². The monoisotopic (exact) mass is 250 g/mol.